The number of aromatic nitrogens is 3. The number of thiazole rings is 1. The van der Waals surface area contributed by atoms with Crippen molar-refractivity contribution in [1.82, 2.24) is 14.8 Å². The molecule has 2 aromatic heterocycles. The van der Waals surface area contributed by atoms with Crippen molar-refractivity contribution in [2.75, 3.05) is 0 Å². The summed E-state index contributed by atoms with van der Waals surface area (Å²) in [5.74, 6) is 0. The molecule has 0 aliphatic carbocycles. The highest BCUT2D eigenvalue weighted by atomic mass is 32.1. The van der Waals surface area contributed by atoms with Crippen LogP contribution in [0.3, 0.4) is 0 Å². The molecule has 0 fully saturated rings. The van der Waals surface area contributed by atoms with E-state index in [9.17, 15) is 0 Å². The van der Waals surface area contributed by atoms with Gasteiger partial charge in [-0.15, -0.1) is 11.3 Å². The monoisotopic (exact) mass is 221 g/mol. The van der Waals surface area contributed by atoms with E-state index in [1.54, 1.807) is 11.3 Å². The minimum atomic E-state index is 0.786. The molecule has 3 nitrogen and oxygen atoms in total. The summed E-state index contributed by atoms with van der Waals surface area (Å²) in [5.41, 5.74) is 2.17. The van der Waals surface area contributed by atoms with E-state index in [4.69, 9.17) is 0 Å². The van der Waals surface area contributed by atoms with Gasteiger partial charge >= 0.3 is 0 Å². The fourth-order valence-corrected chi connectivity index (χ4v) is 2.36. The first-order valence-corrected chi connectivity index (χ1v) is 6.09. The first kappa shape index (κ1) is 10.4. The highest BCUT2D eigenvalue weighted by Gasteiger charge is 2.02. The lowest BCUT2D eigenvalue weighted by molar-refractivity contribution is 0.666. The zero-order chi connectivity index (χ0) is 10.7. The van der Waals surface area contributed by atoms with Crippen LogP contribution in [0.15, 0.2) is 17.6 Å². The van der Waals surface area contributed by atoms with Gasteiger partial charge in [-0.2, -0.15) is 5.10 Å². The van der Waals surface area contributed by atoms with Gasteiger partial charge in [-0.3, -0.25) is 4.68 Å². The highest BCUT2D eigenvalue weighted by molar-refractivity contribution is 7.09. The summed E-state index contributed by atoms with van der Waals surface area (Å²) < 4.78 is 1.93. The summed E-state index contributed by atoms with van der Waals surface area (Å²) >= 11 is 1.75. The SMILES string of the molecule is CCCc1nc(Cn2ccc(C)n2)cs1. The zero-order valence-electron chi connectivity index (χ0n) is 9.10. The molecule has 0 radical (unpaired) electrons. The van der Waals surface area contributed by atoms with Crippen molar-refractivity contribution >= 4 is 11.3 Å². The highest BCUT2D eigenvalue weighted by Crippen LogP contribution is 2.12. The minimum Gasteiger partial charge on any atom is -0.266 e. The maximum Gasteiger partial charge on any atom is 0.0928 e. The molecule has 0 bridgehead atoms. The Morgan fingerprint density at radius 3 is 3.00 bits per heavy atom. The van der Waals surface area contributed by atoms with Gasteiger partial charge in [0.05, 0.1) is 22.9 Å². The molecule has 0 unspecified atom stereocenters. The maximum atomic E-state index is 4.56. The Hall–Kier alpha value is -1.16. The molecule has 0 amide bonds. The fraction of sp³-hybridized carbons (Fsp3) is 0.455. The van der Waals surface area contributed by atoms with Gasteiger partial charge in [0.1, 0.15) is 0 Å². The molecular formula is C11H15N3S. The molecular weight excluding hydrogens is 206 g/mol. The first-order chi connectivity index (χ1) is 7.28. The molecule has 80 valence electrons. The molecule has 2 aromatic rings. The van der Waals surface area contributed by atoms with E-state index in [0.717, 1.165) is 30.8 Å². The van der Waals surface area contributed by atoms with Crippen LogP contribution in [0.5, 0.6) is 0 Å². The van der Waals surface area contributed by atoms with Crippen LogP contribution in [0.2, 0.25) is 0 Å². The van der Waals surface area contributed by atoms with Crippen LogP contribution in [0.25, 0.3) is 0 Å². The van der Waals surface area contributed by atoms with Crippen LogP contribution in [0.4, 0.5) is 0 Å². The van der Waals surface area contributed by atoms with Crippen LogP contribution in [0, 0.1) is 6.92 Å². The van der Waals surface area contributed by atoms with E-state index >= 15 is 0 Å². The topological polar surface area (TPSA) is 30.7 Å². The standard InChI is InChI=1S/C11H15N3S/c1-3-4-11-12-10(8-15-11)7-14-6-5-9(2)13-14/h5-6,8H,3-4,7H2,1-2H3. The molecule has 0 saturated heterocycles. The summed E-state index contributed by atoms with van der Waals surface area (Å²) in [5, 5.41) is 7.70. The Labute approximate surface area is 93.8 Å². The largest absolute Gasteiger partial charge is 0.266 e. The Morgan fingerprint density at radius 1 is 1.47 bits per heavy atom. The van der Waals surface area contributed by atoms with Gasteiger partial charge in [-0.05, 0) is 25.8 Å². The third-order valence-electron chi connectivity index (χ3n) is 2.16. The second-order valence-corrected chi connectivity index (χ2v) is 4.58. The average molecular weight is 221 g/mol. The van der Waals surface area contributed by atoms with Crippen LogP contribution in [-0.2, 0) is 13.0 Å². The predicted octanol–water partition coefficient (Wildman–Crippen LogP) is 2.65. The molecule has 0 spiro atoms. The quantitative estimate of drug-likeness (QED) is 0.794. The van der Waals surface area contributed by atoms with E-state index in [2.05, 4.69) is 22.4 Å². The summed E-state index contributed by atoms with van der Waals surface area (Å²) in [6, 6.07) is 2.01. The van der Waals surface area contributed by atoms with Gasteiger partial charge in [-0.1, -0.05) is 6.92 Å². The van der Waals surface area contributed by atoms with Crippen molar-refractivity contribution in [3.63, 3.8) is 0 Å². The molecule has 0 saturated carbocycles. The first-order valence-electron chi connectivity index (χ1n) is 5.21. The fourth-order valence-electron chi connectivity index (χ4n) is 1.47. The van der Waals surface area contributed by atoms with E-state index < -0.39 is 0 Å². The van der Waals surface area contributed by atoms with Crippen LogP contribution in [-0.4, -0.2) is 14.8 Å². The molecule has 0 aromatic carbocycles. The van der Waals surface area contributed by atoms with E-state index in [1.807, 2.05) is 23.9 Å². The van der Waals surface area contributed by atoms with Crippen LogP contribution >= 0.6 is 11.3 Å². The van der Waals surface area contributed by atoms with Crippen molar-refractivity contribution in [2.45, 2.75) is 33.2 Å². The lowest BCUT2D eigenvalue weighted by atomic mass is 10.3. The van der Waals surface area contributed by atoms with Gasteiger partial charge in [0, 0.05) is 11.6 Å². The minimum absolute atomic E-state index is 0.786. The zero-order valence-corrected chi connectivity index (χ0v) is 9.92. The lowest BCUT2D eigenvalue weighted by Crippen LogP contribution is -2.00. The predicted molar refractivity (Wildman–Crippen MR) is 62.2 cm³/mol. The average Bonchev–Trinajstić information content (AvgIpc) is 2.78. The third kappa shape index (κ3) is 2.65. The maximum absolute atomic E-state index is 4.56. The van der Waals surface area contributed by atoms with E-state index in [1.165, 1.54) is 5.01 Å². The molecule has 0 N–H and O–H groups in total. The Bertz CT molecular complexity index is 430. The summed E-state index contributed by atoms with van der Waals surface area (Å²) in [4.78, 5) is 4.56. The summed E-state index contributed by atoms with van der Waals surface area (Å²) in [6.07, 6.45) is 4.24. The number of hydrogen-bond donors (Lipinski definition) is 0. The van der Waals surface area contributed by atoms with Crippen molar-refractivity contribution < 1.29 is 0 Å². The van der Waals surface area contributed by atoms with Crippen LogP contribution < -0.4 is 0 Å². The van der Waals surface area contributed by atoms with Crippen molar-refractivity contribution in [3.05, 3.63) is 34.0 Å². The van der Waals surface area contributed by atoms with Crippen molar-refractivity contribution in [1.29, 1.82) is 0 Å². The van der Waals surface area contributed by atoms with Gasteiger partial charge < -0.3 is 0 Å². The molecule has 0 atom stereocenters. The van der Waals surface area contributed by atoms with Gasteiger partial charge in [-0.25, -0.2) is 4.98 Å². The Morgan fingerprint density at radius 2 is 2.33 bits per heavy atom. The summed E-state index contributed by atoms with van der Waals surface area (Å²) in [6.45, 7) is 4.96. The van der Waals surface area contributed by atoms with Gasteiger partial charge in [0.2, 0.25) is 0 Å². The lowest BCUT2D eigenvalue weighted by Gasteiger charge is -1.96. The Kier molecular flexibility index (Phi) is 3.16. The molecule has 4 heteroatoms. The van der Waals surface area contributed by atoms with Crippen LogP contribution in [0.1, 0.15) is 29.7 Å². The second-order valence-electron chi connectivity index (χ2n) is 3.64. The number of aryl methyl sites for hydroxylation is 2. The van der Waals surface area contributed by atoms with E-state index in [0.29, 0.717) is 0 Å². The van der Waals surface area contributed by atoms with Gasteiger partial charge in [0.15, 0.2) is 0 Å². The molecule has 15 heavy (non-hydrogen) atoms. The normalized spacial score (nSPS) is 10.8. The number of nitrogens with zero attached hydrogens (tertiary/aromatic N) is 3. The van der Waals surface area contributed by atoms with Gasteiger partial charge in [0.25, 0.3) is 0 Å². The van der Waals surface area contributed by atoms with Crippen molar-refractivity contribution in [2.24, 2.45) is 0 Å². The molecule has 2 rings (SSSR count). The smallest absolute Gasteiger partial charge is 0.0928 e. The Balaban J connectivity index is 2.04. The third-order valence-corrected chi connectivity index (χ3v) is 3.12. The van der Waals surface area contributed by atoms with E-state index in [-0.39, 0.29) is 0 Å². The molecule has 2 heterocycles. The second kappa shape index (κ2) is 4.57. The number of hydrogen-bond acceptors (Lipinski definition) is 3. The molecule has 0 aliphatic heterocycles. The van der Waals surface area contributed by atoms with Crippen molar-refractivity contribution in [3.8, 4) is 0 Å². The summed E-state index contributed by atoms with van der Waals surface area (Å²) in [7, 11) is 0. The molecule has 0 aliphatic rings. The number of rotatable bonds is 4.